The van der Waals surface area contributed by atoms with Gasteiger partial charge in [0, 0.05) is 19.3 Å². The van der Waals surface area contributed by atoms with Crippen molar-refractivity contribution in [2.24, 2.45) is 16.9 Å². The molecule has 0 aromatic carbocycles. The summed E-state index contributed by atoms with van der Waals surface area (Å²) in [6, 6.07) is 0. The van der Waals surface area contributed by atoms with Gasteiger partial charge in [-0.15, -0.1) is 0 Å². The summed E-state index contributed by atoms with van der Waals surface area (Å²) in [5, 5.41) is 0. The molecular formula is C11H16F6N2O2. The zero-order chi connectivity index (χ0) is 16.9. The number of carbonyl (C=O) groups excluding carboxylic acids is 2. The smallest absolute Gasteiger partial charge is 0.370 e. The van der Waals surface area contributed by atoms with Gasteiger partial charge in [-0.05, 0) is 19.3 Å². The molecule has 0 spiro atoms. The van der Waals surface area contributed by atoms with Gasteiger partial charge < -0.3 is 11.5 Å². The highest BCUT2D eigenvalue weighted by Crippen LogP contribution is 2.39. The third-order valence-electron chi connectivity index (χ3n) is 3.04. The third kappa shape index (κ3) is 8.41. The van der Waals surface area contributed by atoms with E-state index in [2.05, 4.69) is 0 Å². The number of rotatable bonds is 8. The summed E-state index contributed by atoms with van der Waals surface area (Å²) < 4.78 is 73.0. The second-order valence-corrected chi connectivity index (χ2v) is 4.87. The van der Waals surface area contributed by atoms with Crippen LogP contribution in [0.5, 0.6) is 0 Å². The van der Waals surface area contributed by atoms with Crippen LogP contribution in [0.1, 0.15) is 38.5 Å². The Labute approximate surface area is 116 Å². The summed E-state index contributed by atoms with van der Waals surface area (Å²) in [4.78, 5) is 22.3. The topological polar surface area (TPSA) is 86.2 Å². The van der Waals surface area contributed by atoms with Gasteiger partial charge in [0.1, 0.15) is 0 Å². The Bertz CT molecular complexity index is 380. The van der Waals surface area contributed by atoms with E-state index in [0.717, 1.165) is 0 Å². The Morgan fingerprint density at radius 2 is 1.24 bits per heavy atom. The molecule has 2 amide bonds. The average Bonchev–Trinajstić information content (AvgIpc) is 2.21. The monoisotopic (exact) mass is 322 g/mol. The zero-order valence-electron chi connectivity index (χ0n) is 11.0. The Morgan fingerprint density at radius 1 is 0.762 bits per heavy atom. The van der Waals surface area contributed by atoms with Crippen LogP contribution in [0.4, 0.5) is 26.3 Å². The maximum Gasteiger partial charge on any atom is 0.389 e. The second kappa shape index (κ2) is 6.99. The number of hydrogen-bond donors (Lipinski definition) is 2. The first-order valence-corrected chi connectivity index (χ1v) is 5.99. The van der Waals surface area contributed by atoms with Gasteiger partial charge in [0.25, 0.3) is 0 Å². The van der Waals surface area contributed by atoms with Crippen molar-refractivity contribution in [2.45, 2.75) is 50.9 Å². The first-order valence-electron chi connectivity index (χ1n) is 5.99. The second-order valence-electron chi connectivity index (χ2n) is 4.87. The molecule has 0 rings (SSSR count). The minimum absolute atomic E-state index is 0.582. The lowest BCUT2D eigenvalue weighted by Gasteiger charge is -2.30. The first kappa shape index (κ1) is 19.5. The molecule has 0 fully saturated rings. The number of nitrogens with two attached hydrogens (primary N) is 2. The number of hydrogen-bond acceptors (Lipinski definition) is 2. The predicted molar refractivity (Wildman–Crippen MR) is 60.6 cm³/mol. The number of carbonyl (C=O) groups is 2. The van der Waals surface area contributed by atoms with E-state index in [0.29, 0.717) is 0 Å². The molecule has 124 valence electrons. The van der Waals surface area contributed by atoms with E-state index >= 15 is 0 Å². The van der Waals surface area contributed by atoms with Crippen LogP contribution in [0.15, 0.2) is 0 Å². The summed E-state index contributed by atoms with van der Waals surface area (Å²) in [5.41, 5.74) is 7.86. The summed E-state index contributed by atoms with van der Waals surface area (Å²) >= 11 is 0. The van der Waals surface area contributed by atoms with Crippen LogP contribution in [0.3, 0.4) is 0 Å². The Balaban J connectivity index is 5.02. The van der Waals surface area contributed by atoms with Gasteiger partial charge in [-0.25, -0.2) is 0 Å². The normalized spacial score (nSPS) is 15.5. The molecule has 0 heterocycles. The lowest BCUT2D eigenvalue weighted by atomic mass is 9.75. The molecule has 1 unspecified atom stereocenters. The fourth-order valence-electron chi connectivity index (χ4n) is 1.98. The molecular weight excluding hydrogens is 306 g/mol. The molecule has 0 aromatic rings. The number of alkyl halides is 6. The Kier molecular flexibility index (Phi) is 6.50. The minimum Gasteiger partial charge on any atom is -0.370 e. The van der Waals surface area contributed by atoms with Crippen LogP contribution in [0.25, 0.3) is 0 Å². The summed E-state index contributed by atoms with van der Waals surface area (Å²) in [5.74, 6) is -2.35. The Hall–Kier alpha value is -1.48. The number of halogens is 6. The van der Waals surface area contributed by atoms with Gasteiger partial charge in [0.15, 0.2) is 0 Å². The maximum absolute atomic E-state index is 12.2. The third-order valence-corrected chi connectivity index (χ3v) is 3.04. The molecule has 4 N–H and O–H groups in total. The Morgan fingerprint density at radius 3 is 1.57 bits per heavy atom. The molecule has 21 heavy (non-hydrogen) atoms. The number of primary amides is 2. The summed E-state index contributed by atoms with van der Waals surface area (Å²) in [6.07, 6.45) is -14.7. The van der Waals surface area contributed by atoms with Gasteiger partial charge in [-0.3, -0.25) is 9.59 Å². The average molecular weight is 322 g/mol. The van der Waals surface area contributed by atoms with Gasteiger partial charge in [-0.1, -0.05) is 0 Å². The van der Waals surface area contributed by atoms with Crippen LogP contribution in [-0.4, -0.2) is 24.2 Å². The molecule has 4 nitrogen and oxygen atoms in total. The highest BCUT2D eigenvalue weighted by molar-refractivity contribution is 5.87. The van der Waals surface area contributed by atoms with Crippen LogP contribution >= 0.6 is 0 Å². The van der Waals surface area contributed by atoms with Crippen molar-refractivity contribution in [3.8, 4) is 0 Å². The predicted octanol–water partition coefficient (Wildman–Crippen LogP) is 2.41. The van der Waals surface area contributed by atoms with Gasteiger partial charge in [-0.2, -0.15) is 26.3 Å². The van der Waals surface area contributed by atoms with E-state index in [9.17, 15) is 35.9 Å². The zero-order valence-corrected chi connectivity index (χ0v) is 11.0. The molecule has 0 aromatic heterocycles. The standard InChI is InChI=1S/C11H16F6N2O2/c12-10(13,14)3-1-2-9(8(19)21,6-7(18)20)4-5-11(15,16)17/h1-6H2,(H2,18,20)(H2,19,21). The van der Waals surface area contributed by atoms with Crippen molar-refractivity contribution in [1.82, 2.24) is 0 Å². The van der Waals surface area contributed by atoms with Gasteiger partial charge in [0.05, 0.1) is 5.41 Å². The lowest BCUT2D eigenvalue weighted by Crippen LogP contribution is -2.41. The van der Waals surface area contributed by atoms with E-state index in [-0.39, 0.29) is 0 Å². The quantitative estimate of drug-likeness (QED) is 0.672. The molecule has 0 aliphatic rings. The van der Waals surface area contributed by atoms with Gasteiger partial charge >= 0.3 is 12.4 Å². The molecule has 10 heteroatoms. The van der Waals surface area contributed by atoms with E-state index in [1.165, 1.54) is 0 Å². The van der Waals surface area contributed by atoms with Crippen LogP contribution < -0.4 is 11.5 Å². The van der Waals surface area contributed by atoms with Crippen LogP contribution in [0.2, 0.25) is 0 Å². The van der Waals surface area contributed by atoms with Crippen molar-refractivity contribution < 1.29 is 35.9 Å². The fraction of sp³-hybridized carbons (Fsp3) is 0.818. The van der Waals surface area contributed by atoms with E-state index in [1.54, 1.807) is 0 Å². The fourth-order valence-corrected chi connectivity index (χ4v) is 1.98. The first-order chi connectivity index (χ1) is 9.27. The van der Waals surface area contributed by atoms with Crippen LogP contribution in [0, 0.1) is 5.41 Å². The highest BCUT2D eigenvalue weighted by Gasteiger charge is 2.42. The SMILES string of the molecule is NC(=O)CC(CCCC(F)(F)F)(CCC(F)(F)F)C(N)=O. The molecule has 0 aliphatic heterocycles. The largest absolute Gasteiger partial charge is 0.389 e. The van der Waals surface area contributed by atoms with Crippen molar-refractivity contribution in [2.75, 3.05) is 0 Å². The molecule has 0 saturated carbocycles. The van der Waals surface area contributed by atoms with Crippen LogP contribution in [-0.2, 0) is 9.59 Å². The lowest BCUT2D eigenvalue weighted by molar-refractivity contribution is -0.152. The maximum atomic E-state index is 12.2. The molecule has 0 saturated heterocycles. The molecule has 0 radical (unpaired) electrons. The molecule has 0 aliphatic carbocycles. The molecule has 1 atom stereocenters. The summed E-state index contributed by atoms with van der Waals surface area (Å²) in [7, 11) is 0. The number of amides is 2. The van der Waals surface area contributed by atoms with Gasteiger partial charge in [0.2, 0.25) is 11.8 Å². The minimum atomic E-state index is -4.62. The highest BCUT2D eigenvalue weighted by atomic mass is 19.4. The van der Waals surface area contributed by atoms with Crippen molar-refractivity contribution in [3.05, 3.63) is 0 Å². The van der Waals surface area contributed by atoms with E-state index < -0.39 is 68.1 Å². The van der Waals surface area contributed by atoms with Crippen molar-refractivity contribution in [3.63, 3.8) is 0 Å². The van der Waals surface area contributed by atoms with Crippen molar-refractivity contribution in [1.29, 1.82) is 0 Å². The summed E-state index contributed by atoms with van der Waals surface area (Å²) in [6.45, 7) is 0. The van der Waals surface area contributed by atoms with Crippen molar-refractivity contribution >= 4 is 11.8 Å². The van der Waals surface area contributed by atoms with E-state index in [4.69, 9.17) is 11.5 Å². The van der Waals surface area contributed by atoms with E-state index in [1.807, 2.05) is 0 Å². The molecule has 0 bridgehead atoms.